The minimum absolute atomic E-state index is 0.184. The maximum absolute atomic E-state index is 11.0. The van der Waals surface area contributed by atoms with Gasteiger partial charge in [-0.2, -0.15) is 11.8 Å². The maximum atomic E-state index is 11.0. The lowest BCUT2D eigenvalue weighted by molar-refractivity contribution is 0.306. The zero-order valence-corrected chi connectivity index (χ0v) is 10.7. The fourth-order valence-corrected chi connectivity index (χ4v) is 4.05. The van der Waals surface area contributed by atoms with Gasteiger partial charge in [0.2, 0.25) is 5.02 Å². The van der Waals surface area contributed by atoms with Gasteiger partial charge in [-0.25, -0.2) is 0 Å². The highest BCUT2D eigenvalue weighted by molar-refractivity contribution is 7.99. The highest BCUT2D eigenvalue weighted by Crippen LogP contribution is 2.67. The van der Waals surface area contributed by atoms with Gasteiger partial charge in [-0.3, -0.25) is 9.13 Å². The van der Waals surface area contributed by atoms with Crippen LogP contribution in [-0.4, -0.2) is 36.1 Å². The average molecular weight is 279 g/mol. The van der Waals surface area contributed by atoms with Crippen molar-refractivity contribution in [1.82, 2.24) is 0 Å². The van der Waals surface area contributed by atoms with Gasteiger partial charge in [-0.05, 0) is 17.9 Å². The second-order valence-corrected chi connectivity index (χ2v) is 8.43. The summed E-state index contributed by atoms with van der Waals surface area (Å²) < 4.78 is 21.9. The van der Waals surface area contributed by atoms with Crippen LogP contribution >= 0.6 is 27.0 Å². The quantitative estimate of drug-likeness (QED) is 0.340. The predicted molar refractivity (Wildman–Crippen MR) is 58.6 cm³/mol. The smallest absolute Gasteiger partial charge is 0.323 e. The Balaban J connectivity index is 4.91. The van der Waals surface area contributed by atoms with Crippen molar-refractivity contribution in [2.75, 3.05) is 11.5 Å². The summed E-state index contributed by atoms with van der Waals surface area (Å²) in [6, 6.07) is 0. The van der Waals surface area contributed by atoms with Crippen molar-refractivity contribution in [3.05, 3.63) is 0 Å². The van der Waals surface area contributed by atoms with E-state index in [1.54, 1.807) is 0 Å². The molecule has 0 aromatic carbocycles. The Morgan fingerprint density at radius 3 is 1.87 bits per heavy atom. The van der Waals surface area contributed by atoms with Gasteiger partial charge in [0.05, 0.1) is 0 Å². The largest absolute Gasteiger partial charge is 0.357 e. The molecule has 6 N–H and O–H groups in total. The summed E-state index contributed by atoms with van der Waals surface area (Å²) in [6.45, 7) is 1.82. The topological polar surface area (TPSA) is 141 Å². The molecule has 0 fully saturated rings. The Bertz CT molecular complexity index is 276. The molecule has 0 saturated heterocycles. The molecule has 0 aromatic heterocycles. The van der Waals surface area contributed by atoms with Crippen molar-refractivity contribution in [2.45, 2.75) is 18.4 Å². The fraction of sp³-hybridized carbons (Fsp3) is 1.00. The summed E-state index contributed by atoms with van der Waals surface area (Å²) in [5, 5.41) is -2.76. The molecule has 0 heterocycles. The molecular weight excluding hydrogens is 264 g/mol. The molecule has 0 unspecified atom stereocenters. The Kier molecular flexibility index (Phi) is 5.51. The van der Waals surface area contributed by atoms with E-state index in [0.29, 0.717) is 5.75 Å². The molecule has 0 bridgehead atoms. The van der Waals surface area contributed by atoms with Crippen LogP contribution < -0.4 is 5.73 Å². The van der Waals surface area contributed by atoms with Crippen molar-refractivity contribution in [2.24, 2.45) is 5.73 Å². The summed E-state index contributed by atoms with van der Waals surface area (Å²) in [5.41, 5.74) is 5.15. The average Bonchev–Trinajstić information content (AvgIpc) is 2.00. The van der Waals surface area contributed by atoms with E-state index in [0.717, 1.165) is 0 Å². The summed E-state index contributed by atoms with van der Waals surface area (Å²) in [7, 11) is -10.1. The van der Waals surface area contributed by atoms with E-state index in [2.05, 4.69) is 0 Å². The van der Waals surface area contributed by atoms with Gasteiger partial charge in [-0.1, -0.05) is 6.92 Å². The zero-order chi connectivity index (χ0) is 12.3. The second kappa shape index (κ2) is 5.29. The van der Waals surface area contributed by atoms with Crippen molar-refractivity contribution in [3.8, 4) is 0 Å². The van der Waals surface area contributed by atoms with Crippen LogP contribution in [0.5, 0.6) is 0 Å². The summed E-state index contributed by atoms with van der Waals surface area (Å²) in [4.78, 5) is 35.4. The third kappa shape index (κ3) is 3.84. The molecule has 15 heavy (non-hydrogen) atoms. The molecule has 0 radical (unpaired) electrons. The monoisotopic (exact) mass is 279 g/mol. The van der Waals surface area contributed by atoms with E-state index in [4.69, 9.17) is 25.3 Å². The predicted octanol–water partition coefficient (Wildman–Crippen LogP) is 0.0975. The third-order valence-corrected chi connectivity index (χ3v) is 6.76. The van der Waals surface area contributed by atoms with Gasteiger partial charge in [0.15, 0.2) is 0 Å². The van der Waals surface area contributed by atoms with Gasteiger partial charge >= 0.3 is 15.2 Å². The van der Waals surface area contributed by atoms with Crippen LogP contribution in [-0.2, 0) is 9.13 Å². The van der Waals surface area contributed by atoms with Gasteiger partial charge in [0.25, 0.3) is 0 Å². The highest BCUT2D eigenvalue weighted by Gasteiger charge is 2.56. The van der Waals surface area contributed by atoms with E-state index in [-0.39, 0.29) is 5.75 Å². The normalized spacial score (nSPS) is 14.3. The number of hydrogen-bond acceptors (Lipinski definition) is 4. The standard InChI is InChI=1S/C5H15NO6P2S/c1-2-15-4-3-5(6,13(7,8)9)14(10,11)12/h2-4,6H2,1H3,(H2,7,8,9)(H2,10,11,12). The molecule has 0 aromatic rings. The molecule has 0 spiro atoms. The van der Waals surface area contributed by atoms with E-state index in [9.17, 15) is 9.13 Å². The Hall–Kier alpha value is 0.610. The summed E-state index contributed by atoms with van der Waals surface area (Å²) in [6.07, 6.45) is -0.430. The second-order valence-electron chi connectivity index (χ2n) is 2.91. The van der Waals surface area contributed by atoms with E-state index < -0.39 is 26.6 Å². The van der Waals surface area contributed by atoms with E-state index in [1.807, 2.05) is 6.92 Å². The van der Waals surface area contributed by atoms with Crippen LogP contribution in [0.25, 0.3) is 0 Å². The Labute approximate surface area is 91.8 Å². The number of thioether (sulfide) groups is 1. The van der Waals surface area contributed by atoms with Crippen LogP contribution in [0.15, 0.2) is 0 Å². The molecule has 10 heteroatoms. The molecule has 0 aliphatic carbocycles. The number of nitrogens with two attached hydrogens (primary N) is 1. The lowest BCUT2D eigenvalue weighted by atomic mass is 10.5. The number of hydrogen-bond donors (Lipinski definition) is 5. The SMILES string of the molecule is CCSCCC(N)(P(=O)(O)O)P(=O)(O)O. The molecular formula is C5H15NO6P2S. The summed E-state index contributed by atoms with van der Waals surface area (Å²) in [5.74, 6) is 0.863. The number of rotatable bonds is 6. The molecule has 0 saturated carbocycles. The van der Waals surface area contributed by atoms with Gasteiger partial charge in [-0.15, -0.1) is 0 Å². The molecule has 0 aliphatic heterocycles. The molecule has 0 amide bonds. The van der Waals surface area contributed by atoms with Crippen molar-refractivity contribution >= 4 is 27.0 Å². The van der Waals surface area contributed by atoms with Gasteiger partial charge < -0.3 is 25.3 Å². The molecule has 7 nitrogen and oxygen atoms in total. The maximum Gasteiger partial charge on any atom is 0.357 e. The first-order valence-corrected chi connectivity index (χ1v) is 8.42. The first-order chi connectivity index (χ1) is 6.56. The van der Waals surface area contributed by atoms with E-state index >= 15 is 0 Å². The van der Waals surface area contributed by atoms with Gasteiger partial charge in [0, 0.05) is 0 Å². The fourth-order valence-electron chi connectivity index (χ4n) is 0.828. The minimum atomic E-state index is -5.05. The molecule has 0 atom stereocenters. The first kappa shape index (κ1) is 15.6. The highest BCUT2D eigenvalue weighted by atomic mass is 32.2. The Morgan fingerprint density at radius 1 is 1.20 bits per heavy atom. The van der Waals surface area contributed by atoms with Crippen molar-refractivity contribution < 1.29 is 28.7 Å². The summed E-state index contributed by atoms with van der Waals surface area (Å²) >= 11 is 1.30. The lowest BCUT2D eigenvalue weighted by Crippen LogP contribution is -2.39. The van der Waals surface area contributed by atoms with Crippen molar-refractivity contribution in [3.63, 3.8) is 0 Å². The van der Waals surface area contributed by atoms with Crippen LogP contribution in [0.1, 0.15) is 13.3 Å². The third-order valence-electron chi connectivity index (χ3n) is 1.83. The molecule has 0 aliphatic rings. The molecule has 0 rings (SSSR count). The molecule has 92 valence electrons. The van der Waals surface area contributed by atoms with Crippen LogP contribution in [0.2, 0.25) is 0 Å². The first-order valence-electron chi connectivity index (χ1n) is 4.04. The minimum Gasteiger partial charge on any atom is -0.323 e. The van der Waals surface area contributed by atoms with Crippen LogP contribution in [0, 0.1) is 0 Å². The van der Waals surface area contributed by atoms with Crippen LogP contribution in [0.4, 0.5) is 0 Å². The Morgan fingerprint density at radius 2 is 1.60 bits per heavy atom. The lowest BCUT2D eigenvalue weighted by Gasteiger charge is -2.30. The van der Waals surface area contributed by atoms with Crippen molar-refractivity contribution in [1.29, 1.82) is 0 Å². The van der Waals surface area contributed by atoms with Gasteiger partial charge in [0.1, 0.15) is 0 Å². The van der Waals surface area contributed by atoms with Crippen LogP contribution in [0.3, 0.4) is 0 Å². The zero-order valence-electron chi connectivity index (χ0n) is 8.11. The van der Waals surface area contributed by atoms with E-state index in [1.165, 1.54) is 11.8 Å².